The van der Waals surface area contributed by atoms with E-state index in [1.54, 1.807) is 29.2 Å². The van der Waals surface area contributed by atoms with Crippen molar-refractivity contribution in [3.05, 3.63) is 45.5 Å². The zero-order chi connectivity index (χ0) is 20.1. The average molecular weight is 387 g/mol. The molecule has 2 heterocycles. The van der Waals surface area contributed by atoms with Crippen molar-refractivity contribution in [2.75, 3.05) is 26.2 Å². The minimum absolute atomic E-state index is 0.000760. The molecule has 0 N–H and O–H groups in total. The predicted octanol–water partition coefficient (Wildman–Crippen LogP) is 1.79. The molecule has 2 atom stereocenters. The molecule has 0 bridgehead atoms. The van der Waals surface area contributed by atoms with Crippen LogP contribution >= 0.6 is 0 Å². The van der Waals surface area contributed by atoms with E-state index in [2.05, 4.69) is 5.10 Å². The summed E-state index contributed by atoms with van der Waals surface area (Å²) in [4.78, 5) is 26.3. The van der Waals surface area contributed by atoms with Crippen molar-refractivity contribution in [1.82, 2.24) is 9.80 Å². The van der Waals surface area contributed by atoms with Gasteiger partial charge in [0.1, 0.15) is 11.7 Å². The van der Waals surface area contributed by atoms with Gasteiger partial charge in [-0.2, -0.15) is 5.26 Å². The van der Waals surface area contributed by atoms with E-state index >= 15 is 0 Å². The van der Waals surface area contributed by atoms with Crippen molar-refractivity contribution in [2.24, 2.45) is 11.0 Å². The van der Waals surface area contributed by atoms with Crippen molar-refractivity contribution >= 4 is 12.1 Å². The molecular formula is C18H21N5O5. The highest BCUT2D eigenvalue weighted by Crippen LogP contribution is 2.22. The van der Waals surface area contributed by atoms with Crippen molar-refractivity contribution in [2.45, 2.75) is 26.1 Å². The lowest BCUT2D eigenvalue weighted by molar-refractivity contribution is -0.486. The van der Waals surface area contributed by atoms with Crippen molar-refractivity contribution in [3.63, 3.8) is 0 Å². The van der Waals surface area contributed by atoms with E-state index in [9.17, 15) is 14.9 Å². The maximum Gasteiger partial charge on any atom is 0.417 e. The van der Waals surface area contributed by atoms with E-state index in [1.165, 1.54) is 4.90 Å². The summed E-state index contributed by atoms with van der Waals surface area (Å²) in [5.41, 5.74) is 1.23. The molecule has 148 valence electrons. The summed E-state index contributed by atoms with van der Waals surface area (Å²) in [6, 6.07) is 8.65. The highest BCUT2D eigenvalue weighted by atomic mass is 16.7. The molecule has 0 aliphatic carbocycles. The van der Waals surface area contributed by atoms with Crippen LogP contribution in [-0.2, 0) is 16.1 Å². The Hall–Kier alpha value is -3.19. The molecule has 0 spiro atoms. The molecule has 10 nitrogen and oxygen atoms in total. The van der Waals surface area contributed by atoms with Gasteiger partial charge in [0, 0.05) is 19.0 Å². The lowest BCUT2D eigenvalue weighted by Crippen LogP contribution is -2.40. The summed E-state index contributed by atoms with van der Waals surface area (Å²) in [6.45, 7) is 3.83. The maximum atomic E-state index is 12.5. The molecule has 2 saturated heterocycles. The van der Waals surface area contributed by atoms with Crippen LogP contribution in [0.25, 0.3) is 0 Å². The van der Waals surface area contributed by atoms with Gasteiger partial charge in [0.15, 0.2) is 5.03 Å². The number of carbonyl (C=O) groups is 1. The van der Waals surface area contributed by atoms with Gasteiger partial charge in [0.05, 0.1) is 30.9 Å². The minimum atomic E-state index is -0.803. The van der Waals surface area contributed by atoms with Crippen molar-refractivity contribution in [3.8, 4) is 6.07 Å². The Bertz CT molecular complexity index is 804. The topological polar surface area (TPSA) is 121 Å². The third-order valence-electron chi connectivity index (χ3n) is 4.71. The first kappa shape index (κ1) is 19.6. The minimum Gasteiger partial charge on any atom is -0.444 e. The van der Waals surface area contributed by atoms with Gasteiger partial charge in [-0.15, -0.1) is 0 Å². The molecule has 28 heavy (non-hydrogen) atoms. The first-order chi connectivity index (χ1) is 13.5. The Labute approximate surface area is 162 Å². The standard InChI is InChI=1S/C18H21N5O5/c1-13-8-16(12-27-13)10-21-6-7-22(17(21)20-23(25)26)18(24)28-11-15-4-2-14(9-19)3-5-15/h2-5,13,16H,6-8,10-12H2,1H3. The summed E-state index contributed by atoms with van der Waals surface area (Å²) in [5.74, 6) is 0.232. The van der Waals surface area contributed by atoms with Crippen molar-refractivity contribution < 1.29 is 19.3 Å². The van der Waals surface area contributed by atoms with E-state index in [-0.39, 0.29) is 31.1 Å². The van der Waals surface area contributed by atoms with Gasteiger partial charge >= 0.3 is 6.09 Å². The van der Waals surface area contributed by atoms with E-state index in [0.29, 0.717) is 30.8 Å². The van der Waals surface area contributed by atoms with E-state index in [1.807, 2.05) is 13.0 Å². The van der Waals surface area contributed by atoms with E-state index < -0.39 is 11.1 Å². The number of carbonyl (C=O) groups excluding carboxylic acids is 1. The van der Waals surface area contributed by atoms with Gasteiger partial charge in [-0.1, -0.05) is 12.1 Å². The first-order valence-electron chi connectivity index (χ1n) is 8.99. The van der Waals surface area contributed by atoms with Gasteiger partial charge in [-0.25, -0.2) is 19.8 Å². The van der Waals surface area contributed by atoms with E-state index in [4.69, 9.17) is 14.7 Å². The summed E-state index contributed by atoms with van der Waals surface area (Å²) < 4.78 is 10.8. The molecule has 2 aliphatic heterocycles. The highest BCUT2D eigenvalue weighted by Gasteiger charge is 2.37. The van der Waals surface area contributed by atoms with Crippen LogP contribution in [0.4, 0.5) is 4.79 Å². The monoisotopic (exact) mass is 387 g/mol. The number of benzene rings is 1. The summed E-state index contributed by atoms with van der Waals surface area (Å²) in [6.07, 6.45) is 0.339. The fourth-order valence-corrected chi connectivity index (χ4v) is 3.37. The number of guanidine groups is 1. The number of hydrazone groups is 1. The first-order valence-corrected chi connectivity index (χ1v) is 8.99. The van der Waals surface area contributed by atoms with Gasteiger partial charge in [0.25, 0.3) is 5.96 Å². The number of hydrogen-bond donors (Lipinski definition) is 0. The third kappa shape index (κ3) is 4.75. The van der Waals surface area contributed by atoms with Crippen LogP contribution in [0.5, 0.6) is 0 Å². The third-order valence-corrected chi connectivity index (χ3v) is 4.71. The number of nitro groups is 1. The molecule has 1 amide bonds. The van der Waals surface area contributed by atoms with E-state index in [0.717, 1.165) is 6.42 Å². The molecular weight excluding hydrogens is 366 g/mol. The van der Waals surface area contributed by atoms with Gasteiger partial charge in [-0.3, -0.25) is 0 Å². The number of ether oxygens (including phenoxy) is 2. The maximum absolute atomic E-state index is 12.5. The molecule has 10 heteroatoms. The molecule has 1 aromatic rings. The lowest BCUT2D eigenvalue weighted by atomic mass is 10.1. The van der Waals surface area contributed by atoms with Crippen LogP contribution in [0.2, 0.25) is 0 Å². The molecule has 2 unspecified atom stereocenters. The molecule has 0 aromatic heterocycles. The zero-order valence-electron chi connectivity index (χ0n) is 15.5. The smallest absolute Gasteiger partial charge is 0.417 e. The second-order valence-electron chi connectivity index (χ2n) is 6.84. The second-order valence-corrected chi connectivity index (χ2v) is 6.84. The molecule has 2 fully saturated rings. The molecule has 3 rings (SSSR count). The van der Waals surface area contributed by atoms with Crippen molar-refractivity contribution in [1.29, 1.82) is 5.26 Å². The summed E-state index contributed by atoms with van der Waals surface area (Å²) >= 11 is 0. The Kier molecular flexibility index (Phi) is 6.06. The SMILES string of the molecule is CC1CC(CN2CCN(C(=O)OCc3ccc(C#N)cc3)C2=N[N+](=O)[O-])CO1. The fraction of sp³-hybridized carbons (Fsp3) is 0.500. The fourth-order valence-electron chi connectivity index (χ4n) is 3.37. The van der Waals surface area contributed by atoms with Crippen LogP contribution in [0.1, 0.15) is 24.5 Å². The Morgan fingerprint density at radius 2 is 2.18 bits per heavy atom. The lowest BCUT2D eigenvalue weighted by Gasteiger charge is -2.21. The van der Waals surface area contributed by atoms with Crippen LogP contribution < -0.4 is 0 Å². The summed E-state index contributed by atoms with van der Waals surface area (Å²) in [5, 5.41) is 22.4. The largest absolute Gasteiger partial charge is 0.444 e. The van der Waals surface area contributed by atoms with Gasteiger partial charge < -0.3 is 14.4 Å². The predicted molar refractivity (Wildman–Crippen MR) is 97.6 cm³/mol. The zero-order valence-corrected chi connectivity index (χ0v) is 15.5. The Morgan fingerprint density at radius 1 is 1.43 bits per heavy atom. The van der Waals surface area contributed by atoms with Crippen LogP contribution in [0, 0.1) is 27.4 Å². The molecule has 0 radical (unpaired) electrons. The van der Waals surface area contributed by atoms with Crippen LogP contribution in [-0.4, -0.2) is 59.2 Å². The molecule has 0 saturated carbocycles. The normalized spacial score (nSPS) is 23.1. The number of nitriles is 1. The number of nitrogens with zero attached hydrogens (tertiary/aromatic N) is 5. The molecule has 2 aliphatic rings. The second kappa shape index (κ2) is 8.67. The summed E-state index contributed by atoms with van der Waals surface area (Å²) in [7, 11) is 0. The quantitative estimate of drug-likeness (QED) is 0.557. The van der Waals surface area contributed by atoms with Gasteiger partial charge in [-0.05, 0) is 31.0 Å². The number of rotatable bonds is 5. The Balaban J connectivity index is 1.63. The number of hydrogen-bond acceptors (Lipinski definition) is 6. The number of amides is 1. The Morgan fingerprint density at radius 3 is 2.79 bits per heavy atom. The molecule has 1 aromatic carbocycles. The highest BCUT2D eigenvalue weighted by molar-refractivity contribution is 5.95. The van der Waals surface area contributed by atoms with Gasteiger partial charge in [0.2, 0.25) is 0 Å². The van der Waals surface area contributed by atoms with Crippen LogP contribution in [0.3, 0.4) is 0 Å². The average Bonchev–Trinajstić information content (AvgIpc) is 3.26. The van der Waals surface area contributed by atoms with Crippen LogP contribution in [0.15, 0.2) is 29.4 Å².